The third-order valence-electron chi connectivity index (χ3n) is 2.69. The number of ether oxygens (including phenoxy) is 1. The second-order valence-electron chi connectivity index (χ2n) is 3.90. The molecule has 0 bridgehead atoms. The highest BCUT2D eigenvalue weighted by Crippen LogP contribution is 2.25. The number of aliphatic hydroxyl groups is 1. The van der Waals surface area contributed by atoms with Gasteiger partial charge >= 0.3 is 0 Å². The molecule has 1 N–H and O–H groups in total. The molecule has 4 heteroatoms. The van der Waals surface area contributed by atoms with Crippen molar-refractivity contribution in [3.05, 3.63) is 47.0 Å². The van der Waals surface area contributed by atoms with Crippen LogP contribution in [0.5, 0.6) is 5.88 Å². The summed E-state index contributed by atoms with van der Waals surface area (Å²) in [7, 11) is 1.54. The van der Waals surface area contributed by atoms with Gasteiger partial charge in [0.2, 0.25) is 5.88 Å². The van der Waals surface area contributed by atoms with Gasteiger partial charge in [-0.25, -0.2) is 4.98 Å². The minimum Gasteiger partial charge on any atom is -0.481 e. The van der Waals surface area contributed by atoms with Crippen molar-refractivity contribution in [1.82, 2.24) is 4.98 Å². The van der Waals surface area contributed by atoms with Crippen molar-refractivity contribution in [2.24, 2.45) is 0 Å². The molecule has 90 valence electrons. The summed E-state index contributed by atoms with van der Waals surface area (Å²) in [6.07, 6.45) is -0.863. The minimum absolute atomic E-state index is 0.474. The van der Waals surface area contributed by atoms with Crippen LogP contribution in [0.3, 0.4) is 0 Å². The van der Waals surface area contributed by atoms with E-state index in [1.54, 1.807) is 25.3 Å². The van der Waals surface area contributed by atoms with Crippen LogP contribution >= 0.6 is 0 Å². The zero-order valence-corrected chi connectivity index (χ0v) is 10.1. The fourth-order valence-electron chi connectivity index (χ4n) is 1.58. The van der Waals surface area contributed by atoms with Crippen LogP contribution in [-0.2, 0) is 0 Å². The predicted molar refractivity (Wildman–Crippen MR) is 63.0 cm³/mol. The lowest BCUT2D eigenvalue weighted by Gasteiger charge is -2.08. The normalized spacial score (nSPS) is 12.5. The van der Waals surface area contributed by atoms with E-state index in [-0.39, 0.29) is 0 Å². The average Bonchev–Trinajstić information content (AvgIpc) is 2.69. The summed E-state index contributed by atoms with van der Waals surface area (Å²) in [5.41, 5.74) is 1.53. The van der Waals surface area contributed by atoms with Gasteiger partial charge in [0.25, 0.3) is 0 Å². The topological polar surface area (TPSA) is 55.5 Å². The van der Waals surface area contributed by atoms with Crippen molar-refractivity contribution in [1.29, 1.82) is 0 Å². The van der Waals surface area contributed by atoms with Crippen molar-refractivity contribution in [3.8, 4) is 5.88 Å². The number of aryl methyl sites for hydroxylation is 2. The van der Waals surface area contributed by atoms with Crippen LogP contribution in [0.25, 0.3) is 0 Å². The van der Waals surface area contributed by atoms with Gasteiger partial charge in [-0.3, -0.25) is 0 Å². The molecular formula is C13H15NO3. The van der Waals surface area contributed by atoms with Gasteiger partial charge in [-0.2, -0.15) is 0 Å². The van der Waals surface area contributed by atoms with Crippen molar-refractivity contribution >= 4 is 0 Å². The molecule has 0 amide bonds. The third kappa shape index (κ3) is 2.31. The smallest absolute Gasteiger partial charge is 0.213 e. The number of hydrogen-bond acceptors (Lipinski definition) is 4. The summed E-state index contributed by atoms with van der Waals surface area (Å²) in [6.45, 7) is 3.80. The Bertz CT molecular complexity index is 500. The number of pyridine rings is 1. The van der Waals surface area contributed by atoms with E-state index in [1.807, 2.05) is 19.9 Å². The van der Waals surface area contributed by atoms with Crippen LogP contribution in [0.1, 0.15) is 28.9 Å². The molecule has 0 spiro atoms. The highest BCUT2D eigenvalue weighted by Gasteiger charge is 2.17. The Morgan fingerprint density at radius 1 is 1.35 bits per heavy atom. The Morgan fingerprint density at radius 3 is 2.71 bits per heavy atom. The molecular weight excluding hydrogens is 218 g/mol. The zero-order chi connectivity index (χ0) is 12.4. The standard InChI is InChI=1S/C13H15NO3/c1-8-7-11(17-9(8)2)13(15)10-5-4-6-12(14-10)16-3/h4-7,13,15H,1-3H3. The molecule has 0 fully saturated rings. The number of hydrogen-bond donors (Lipinski definition) is 1. The lowest BCUT2D eigenvalue weighted by molar-refractivity contribution is 0.182. The Hall–Kier alpha value is -1.81. The molecule has 0 aliphatic carbocycles. The first kappa shape index (κ1) is 11.7. The summed E-state index contributed by atoms with van der Waals surface area (Å²) in [6, 6.07) is 7.07. The number of rotatable bonds is 3. The van der Waals surface area contributed by atoms with Gasteiger partial charge in [-0.05, 0) is 31.5 Å². The molecule has 4 nitrogen and oxygen atoms in total. The maximum atomic E-state index is 10.1. The second-order valence-corrected chi connectivity index (χ2v) is 3.90. The third-order valence-corrected chi connectivity index (χ3v) is 2.69. The maximum absolute atomic E-state index is 10.1. The molecule has 2 aromatic heterocycles. The van der Waals surface area contributed by atoms with Gasteiger partial charge in [-0.1, -0.05) is 6.07 Å². The average molecular weight is 233 g/mol. The Balaban J connectivity index is 2.32. The van der Waals surface area contributed by atoms with Gasteiger partial charge in [0, 0.05) is 6.07 Å². The molecule has 2 heterocycles. The number of nitrogens with zero attached hydrogens (tertiary/aromatic N) is 1. The van der Waals surface area contributed by atoms with E-state index in [9.17, 15) is 5.11 Å². The fraction of sp³-hybridized carbons (Fsp3) is 0.308. The lowest BCUT2D eigenvalue weighted by atomic mass is 10.1. The van der Waals surface area contributed by atoms with E-state index in [4.69, 9.17) is 9.15 Å². The molecule has 1 atom stereocenters. The highest BCUT2D eigenvalue weighted by molar-refractivity contribution is 5.26. The minimum atomic E-state index is -0.863. The molecule has 2 aromatic rings. The van der Waals surface area contributed by atoms with E-state index in [0.717, 1.165) is 11.3 Å². The van der Waals surface area contributed by atoms with Crippen molar-refractivity contribution in [2.75, 3.05) is 7.11 Å². The Morgan fingerprint density at radius 2 is 2.12 bits per heavy atom. The fourth-order valence-corrected chi connectivity index (χ4v) is 1.58. The van der Waals surface area contributed by atoms with Crippen LogP contribution in [0, 0.1) is 13.8 Å². The van der Waals surface area contributed by atoms with E-state index in [2.05, 4.69) is 4.98 Å². The Kier molecular flexibility index (Phi) is 3.15. The number of methoxy groups -OCH3 is 1. The molecule has 17 heavy (non-hydrogen) atoms. The number of aliphatic hydroxyl groups excluding tert-OH is 1. The van der Waals surface area contributed by atoms with Crippen LogP contribution in [0.15, 0.2) is 28.7 Å². The van der Waals surface area contributed by atoms with Gasteiger partial charge in [0.05, 0.1) is 12.8 Å². The highest BCUT2D eigenvalue weighted by atomic mass is 16.5. The van der Waals surface area contributed by atoms with Crippen LogP contribution in [0.2, 0.25) is 0 Å². The molecule has 0 radical (unpaired) electrons. The molecule has 0 saturated heterocycles. The number of furan rings is 1. The summed E-state index contributed by atoms with van der Waals surface area (Å²) in [5, 5.41) is 10.1. The second kappa shape index (κ2) is 4.59. The molecule has 0 saturated carbocycles. The first-order chi connectivity index (χ1) is 8.11. The largest absolute Gasteiger partial charge is 0.481 e. The lowest BCUT2D eigenvalue weighted by Crippen LogP contribution is -2.02. The maximum Gasteiger partial charge on any atom is 0.213 e. The number of aromatic nitrogens is 1. The van der Waals surface area contributed by atoms with Crippen molar-refractivity contribution < 1.29 is 14.3 Å². The first-order valence-corrected chi connectivity index (χ1v) is 5.37. The molecule has 0 aliphatic heterocycles. The van der Waals surface area contributed by atoms with E-state index < -0.39 is 6.10 Å². The summed E-state index contributed by atoms with van der Waals surface area (Å²) < 4.78 is 10.5. The van der Waals surface area contributed by atoms with Gasteiger partial charge in [-0.15, -0.1) is 0 Å². The van der Waals surface area contributed by atoms with Crippen LogP contribution < -0.4 is 4.74 Å². The van der Waals surface area contributed by atoms with E-state index >= 15 is 0 Å². The Labute approximate surface area is 99.9 Å². The molecule has 0 aliphatic rings. The summed E-state index contributed by atoms with van der Waals surface area (Å²) in [5.74, 6) is 1.78. The molecule has 2 rings (SSSR count). The summed E-state index contributed by atoms with van der Waals surface area (Å²) >= 11 is 0. The van der Waals surface area contributed by atoms with Gasteiger partial charge in [0.1, 0.15) is 11.5 Å². The van der Waals surface area contributed by atoms with Crippen LogP contribution in [-0.4, -0.2) is 17.2 Å². The zero-order valence-electron chi connectivity index (χ0n) is 10.1. The van der Waals surface area contributed by atoms with E-state index in [1.165, 1.54) is 0 Å². The monoisotopic (exact) mass is 233 g/mol. The van der Waals surface area contributed by atoms with Gasteiger partial charge in [0.15, 0.2) is 6.10 Å². The SMILES string of the molecule is COc1cccc(C(O)c2cc(C)c(C)o2)n1. The van der Waals surface area contributed by atoms with Gasteiger partial charge < -0.3 is 14.3 Å². The molecule has 0 aromatic carbocycles. The van der Waals surface area contributed by atoms with Crippen molar-refractivity contribution in [3.63, 3.8) is 0 Å². The first-order valence-electron chi connectivity index (χ1n) is 5.37. The summed E-state index contributed by atoms with van der Waals surface area (Å²) in [4.78, 5) is 4.17. The quantitative estimate of drug-likeness (QED) is 0.884. The van der Waals surface area contributed by atoms with Crippen molar-refractivity contribution in [2.45, 2.75) is 20.0 Å². The molecule has 1 unspecified atom stereocenters. The van der Waals surface area contributed by atoms with Crippen LogP contribution in [0.4, 0.5) is 0 Å². The van der Waals surface area contributed by atoms with E-state index in [0.29, 0.717) is 17.3 Å². The predicted octanol–water partition coefficient (Wildman–Crippen LogP) is 2.38.